The van der Waals surface area contributed by atoms with Crippen molar-refractivity contribution in [2.45, 2.75) is 12.5 Å². The number of carbonyl (C=O) groups is 2. The maximum atomic E-state index is 13.7. The minimum Gasteiger partial charge on any atom is -0.368 e. The second kappa shape index (κ2) is 9.90. The van der Waals surface area contributed by atoms with Gasteiger partial charge in [0.1, 0.15) is 6.04 Å². The normalized spacial score (nSPS) is 12.1. The number of hydrogen-bond donors (Lipinski definition) is 3. The molecule has 6 nitrogen and oxygen atoms in total. The molecule has 4 N–H and O–H groups in total. The third kappa shape index (κ3) is 4.61. The molecule has 0 aliphatic carbocycles. The standard InChI is InChI=1S/C31H23IN4O2/c32-21-11-12-26-23(15-21)25(17-34-26)28-16-24(22-7-3-4-8-27(22)35-28)31(38)36-29(30(33)37)14-18-9-10-19-5-1-2-6-20(19)13-18/h1-13,15-17,29,34H,14H2,(H2,33,37)(H,36,38). The summed E-state index contributed by atoms with van der Waals surface area (Å²) in [7, 11) is 0. The van der Waals surface area contributed by atoms with Gasteiger partial charge in [0.05, 0.1) is 16.8 Å². The number of rotatable bonds is 6. The maximum absolute atomic E-state index is 13.7. The largest absolute Gasteiger partial charge is 0.368 e. The lowest BCUT2D eigenvalue weighted by Crippen LogP contribution is -2.45. The second-order valence-corrected chi connectivity index (χ2v) is 10.5. The van der Waals surface area contributed by atoms with Gasteiger partial charge in [0.25, 0.3) is 5.91 Å². The molecule has 2 aromatic heterocycles. The predicted molar refractivity (Wildman–Crippen MR) is 160 cm³/mol. The van der Waals surface area contributed by atoms with E-state index in [9.17, 15) is 9.59 Å². The highest BCUT2D eigenvalue weighted by atomic mass is 127. The van der Waals surface area contributed by atoms with Crippen LogP contribution < -0.4 is 11.1 Å². The first-order valence-electron chi connectivity index (χ1n) is 12.2. The molecule has 0 saturated heterocycles. The minimum absolute atomic E-state index is 0.294. The number of amides is 2. The van der Waals surface area contributed by atoms with E-state index in [1.54, 1.807) is 6.07 Å². The highest BCUT2D eigenvalue weighted by Crippen LogP contribution is 2.31. The summed E-state index contributed by atoms with van der Waals surface area (Å²) in [6, 6.07) is 28.6. The van der Waals surface area contributed by atoms with Gasteiger partial charge in [-0.15, -0.1) is 0 Å². The van der Waals surface area contributed by atoms with Gasteiger partial charge in [0.15, 0.2) is 0 Å². The Morgan fingerprint density at radius 3 is 2.53 bits per heavy atom. The molecule has 0 radical (unpaired) electrons. The maximum Gasteiger partial charge on any atom is 0.252 e. The van der Waals surface area contributed by atoms with Crippen molar-refractivity contribution in [1.82, 2.24) is 15.3 Å². The van der Waals surface area contributed by atoms with Gasteiger partial charge >= 0.3 is 0 Å². The van der Waals surface area contributed by atoms with E-state index < -0.39 is 11.9 Å². The van der Waals surface area contributed by atoms with Crippen molar-refractivity contribution < 1.29 is 9.59 Å². The number of aromatic nitrogens is 2. The molecule has 0 saturated carbocycles. The zero-order chi connectivity index (χ0) is 26.2. The number of H-pyrrole nitrogens is 1. The van der Waals surface area contributed by atoms with E-state index in [1.807, 2.05) is 85.1 Å². The summed E-state index contributed by atoms with van der Waals surface area (Å²) in [5.74, 6) is -0.958. The Morgan fingerprint density at radius 2 is 1.68 bits per heavy atom. The topological polar surface area (TPSA) is 101 Å². The van der Waals surface area contributed by atoms with Gasteiger partial charge in [-0.3, -0.25) is 9.59 Å². The van der Waals surface area contributed by atoms with E-state index in [2.05, 4.69) is 39.0 Å². The number of carbonyl (C=O) groups excluding carboxylic acids is 2. The van der Waals surface area contributed by atoms with Crippen LogP contribution in [0.2, 0.25) is 0 Å². The molecule has 0 spiro atoms. The Hall–Kier alpha value is -4.24. The van der Waals surface area contributed by atoms with Crippen molar-refractivity contribution >= 4 is 67.0 Å². The Labute approximate surface area is 232 Å². The number of benzene rings is 4. The van der Waals surface area contributed by atoms with Crippen LogP contribution in [-0.2, 0) is 11.2 Å². The van der Waals surface area contributed by atoms with Gasteiger partial charge in [-0.2, -0.15) is 0 Å². The molecule has 2 amide bonds. The summed E-state index contributed by atoms with van der Waals surface area (Å²) < 4.78 is 1.10. The fourth-order valence-corrected chi connectivity index (χ4v) is 5.36. The van der Waals surface area contributed by atoms with E-state index >= 15 is 0 Å². The molecule has 1 atom stereocenters. The number of nitrogens with zero attached hydrogens (tertiary/aromatic N) is 1. The number of para-hydroxylation sites is 1. The summed E-state index contributed by atoms with van der Waals surface area (Å²) >= 11 is 2.28. The van der Waals surface area contributed by atoms with Crippen molar-refractivity contribution in [2.24, 2.45) is 5.73 Å². The molecular formula is C31H23IN4O2. The highest BCUT2D eigenvalue weighted by Gasteiger charge is 2.22. The number of primary amides is 1. The molecule has 0 aliphatic heterocycles. The third-order valence-electron chi connectivity index (χ3n) is 6.78. The molecule has 6 rings (SSSR count). The fourth-order valence-electron chi connectivity index (χ4n) is 4.87. The molecule has 6 aromatic rings. The lowest BCUT2D eigenvalue weighted by molar-refractivity contribution is -0.119. The Kier molecular flexibility index (Phi) is 6.29. The van der Waals surface area contributed by atoms with Crippen molar-refractivity contribution in [3.8, 4) is 11.3 Å². The van der Waals surface area contributed by atoms with E-state index in [4.69, 9.17) is 10.7 Å². The molecule has 38 heavy (non-hydrogen) atoms. The van der Waals surface area contributed by atoms with Gasteiger partial charge < -0.3 is 16.0 Å². The number of fused-ring (bicyclic) bond motifs is 3. The first-order valence-corrected chi connectivity index (χ1v) is 13.3. The van der Waals surface area contributed by atoms with E-state index in [1.165, 1.54) is 0 Å². The van der Waals surface area contributed by atoms with E-state index in [0.29, 0.717) is 28.6 Å². The van der Waals surface area contributed by atoms with Crippen LogP contribution in [0, 0.1) is 3.57 Å². The SMILES string of the molecule is NC(=O)C(Cc1ccc2ccccc2c1)NC(=O)c1cc(-c2c[nH]c3ccc(I)cc23)nc2ccccc12. The van der Waals surface area contributed by atoms with Gasteiger partial charge in [-0.1, -0.05) is 60.7 Å². The minimum atomic E-state index is -0.867. The number of nitrogens with one attached hydrogen (secondary N) is 2. The summed E-state index contributed by atoms with van der Waals surface area (Å²) in [4.78, 5) is 34.2. The van der Waals surface area contributed by atoms with Crippen LogP contribution >= 0.6 is 22.6 Å². The van der Waals surface area contributed by atoms with Crippen LogP contribution in [0.25, 0.3) is 43.8 Å². The quantitative estimate of drug-likeness (QED) is 0.203. The number of nitrogens with two attached hydrogens (primary N) is 1. The van der Waals surface area contributed by atoms with Gasteiger partial charge in [0, 0.05) is 38.0 Å². The Balaban J connectivity index is 1.37. The second-order valence-electron chi connectivity index (χ2n) is 9.28. The Morgan fingerprint density at radius 1 is 0.895 bits per heavy atom. The van der Waals surface area contributed by atoms with E-state index in [-0.39, 0.29) is 5.91 Å². The predicted octanol–water partition coefficient (Wildman–Crippen LogP) is 5.97. The number of hydrogen-bond acceptors (Lipinski definition) is 3. The molecule has 0 fully saturated rings. The summed E-state index contributed by atoms with van der Waals surface area (Å²) in [5.41, 5.74) is 10.4. The van der Waals surface area contributed by atoms with Crippen molar-refractivity contribution in [1.29, 1.82) is 0 Å². The van der Waals surface area contributed by atoms with Crippen LogP contribution in [0.4, 0.5) is 0 Å². The van der Waals surface area contributed by atoms with Crippen molar-refractivity contribution in [3.05, 3.63) is 112 Å². The third-order valence-corrected chi connectivity index (χ3v) is 7.45. The molecule has 0 aliphatic rings. The van der Waals surface area contributed by atoms with Crippen LogP contribution in [0.15, 0.2) is 97.2 Å². The number of halogens is 1. The van der Waals surface area contributed by atoms with Crippen LogP contribution in [0.1, 0.15) is 15.9 Å². The molecule has 4 aromatic carbocycles. The molecular weight excluding hydrogens is 587 g/mol. The average molecular weight is 610 g/mol. The molecule has 7 heteroatoms. The highest BCUT2D eigenvalue weighted by molar-refractivity contribution is 14.1. The molecule has 1 unspecified atom stereocenters. The molecule has 186 valence electrons. The summed E-state index contributed by atoms with van der Waals surface area (Å²) in [6.07, 6.45) is 2.20. The molecule has 2 heterocycles. The van der Waals surface area contributed by atoms with Crippen molar-refractivity contribution in [2.75, 3.05) is 0 Å². The lowest BCUT2D eigenvalue weighted by Gasteiger charge is -2.17. The average Bonchev–Trinajstić information content (AvgIpc) is 3.35. The van der Waals surface area contributed by atoms with Gasteiger partial charge in [-0.05, 0) is 69.3 Å². The first kappa shape index (κ1) is 24.1. The smallest absolute Gasteiger partial charge is 0.252 e. The summed E-state index contributed by atoms with van der Waals surface area (Å²) in [6.45, 7) is 0. The Bertz CT molecular complexity index is 1860. The van der Waals surface area contributed by atoms with Crippen LogP contribution in [0.3, 0.4) is 0 Å². The zero-order valence-electron chi connectivity index (χ0n) is 20.2. The first-order chi connectivity index (χ1) is 18.5. The summed E-state index contributed by atoms with van der Waals surface area (Å²) in [5, 5.41) is 6.80. The number of aromatic amines is 1. The fraction of sp³-hybridized carbons (Fsp3) is 0.0645. The van der Waals surface area contributed by atoms with Gasteiger partial charge in [0.2, 0.25) is 5.91 Å². The number of pyridine rings is 1. The monoisotopic (exact) mass is 610 g/mol. The van der Waals surface area contributed by atoms with E-state index in [0.717, 1.165) is 36.4 Å². The van der Waals surface area contributed by atoms with Crippen LogP contribution in [-0.4, -0.2) is 27.8 Å². The zero-order valence-corrected chi connectivity index (χ0v) is 22.4. The van der Waals surface area contributed by atoms with Gasteiger partial charge in [-0.25, -0.2) is 4.98 Å². The molecule has 0 bridgehead atoms. The van der Waals surface area contributed by atoms with Crippen molar-refractivity contribution in [3.63, 3.8) is 0 Å². The lowest BCUT2D eigenvalue weighted by atomic mass is 10.00. The van der Waals surface area contributed by atoms with Crippen LogP contribution in [0.5, 0.6) is 0 Å².